The summed E-state index contributed by atoms with van der Waals surface area (Å²) < 4.78 is 16.1. The van der Waals surface area contributed by atoms with Crippen molar-refractivity contribution < 1.29 is 18.8 Å². The van der Waals surface area contributed by atoms with Gasteiger partial charge < -0.3 is 19.3 Å². The van der Waals surface area contributed by atoms with E-state index >= 15 is 0 Å². The van der Waals surface area contributed by atoms with E-state index in [0.29, 0.717) is 35.8 Å². The van der Waals surface area contributed by atoms with E-state index in [2.05, 4.69) is 10.5 Å². The van der Waals surface area contributed by atoms with E-state index < -0.39 is 0 Å². The minimum Gasteiger partial charge on any atom is -0.493 e. The quantitative estimate of drug-likeness (QED) is 0.469. The van der Waals surface area contributed by atoms with Crippen LogP contribution in [0, 0.1) is 6.92 Å². The minimum absolute atomic E-state index is 0.140. The first-order valence-electron chi connectivity index (χ1n) is 10.0. The monoisotopic (exact) mass is 416 g/mol. The van der Waals surface area contributed by atoms with Crippen LogP contribution in [0.2, 0.25) is 0 Å². The van der Waals surface area contributed by atoms with Crippen LogP contribution in [0.3, 0.4) is 0 Å². The largest absolute Gasteiger partial charge is 0.493 e. The van der Waals surface area contributed by atoms with Gasteiger partial charge in [0, 0.05) is 17.7 Å². The fourth-order valence-corrected chi connectivity index (χ4v) is 3.45. The van der Waals surface area contributed by atoms with Gasteiger partial charge in [0.05, 0.1) is 19.6 Å². The summed E-state index contributed by atoms with van der Waals surface area (Å²) in [4.78, 5) is 12.7. The Morgan fingerprint density at radius 3 is 2.48 bits per heavy atom. The lowest BCUT2D eigenvalue weighted by molar-refractivity contribution is 0.0954. The first-order chi connectivity index (χ1) is 15.1. The van der Waals surface area contributed by atoms with Gasteiger partial charge in [-0.3, -0.25) is 4.79 Å². The second kappa shape index (κ2) is 8.92. The van der Waals surface area contributed by atoms with Gasteiger partial charge in [0.25, 0.3) is 5.91 Å². The molecule has 0 saturated heterocycles. The lowest BCUT2D eigenvalue weighted by Gasteiger charge is -2.10. The van der Waals surface area contributed by atoms with Gasteiger partial charge in [0.1, 0.15) is 5.52 Å². The molecule has 0 spiro atoms. The number of methoxy groups -OCH3 is 2. The van der Waals surface area contributed by atoms with Crippen molar-refractivity contribution in [2.24, 2.45) is 0 Å². The molecule has 0 fully saturated rings. The molecule has 0 bridgehead atoms. The number of fused-ring (bicyclic) bond motifs is 1. The van der Waals surface area contributed by atoms with Crippen LogP contribution >= 0.6 is 0 Å². The number of carbonyl (C=O) groups is 1. The molecule has 0 radical (unpaired) electrons. The van der Waals surface area contributed by atoms with Crippen LogP contribution in [-0.4, -0.2) is 31.8 Å². The Morgan fingerprint density at radius 1 is 0.968 bits per heavy atom. The average molecular weight is 416 g/mol. The van der Waals surface area contributed by atoms with Crippen molar-refractivity contribution in [2.75, 3.05) is 20.8 Å². The molecule has 3 aromatic carbocycles. The molecule has 6 heteroatoms. The summed E-state index contributed by atoms with van der Waals surface area (Å²) >= 11 is 0. The molecule has 4 rings (SSSR count). The van der Waals surface area contributed by atoms with Gasteiger partial charge in [-0.2, -0.15) is 0 Å². The molecule has 0 aliphatic rings. The molecular formula is C25H24N2O4. The summed E-state index contributed by atoms with van der Waals surface area (Å²) in [6.07, 6.45) is 0.677. The van der Waals surface area contributed by atoms with Crippen molar-refractivity contribution in [3.63, 3.8) is 0 Å². The Balaban J connectivity index is 1.47. The SMILES string of the molecule is COc1ccc(CCNC(=O)c2ccc3noc(-c4ccc(C)cc4)c3c2)cc1OC. The number of nitrogens with zero attached hydrogens (tertiary/aromatic N) is 1. The average Bonchev–Trinajstić information content (AvgIpc) is 3.22. The molecule has 1 N–H and O–H groups in total. The lowest BCUT2D eigenvalue weighted by atomic mass is 10.0. The number of aromatic nitrogens is 1. The predicted molar refractivity (Wildman–Crippen MR) is 120 cm³/mol. The normalized spacial score (nSPS) is 10.8. The summed E-state index contributed by atoms with van der Waals surface area (Å²) in [7, 11) is 3.21. The Kier molecular flexibility index (Phi) is 5.89. The maximum absolute atomic E-state index is 12.7. The zero-order chi connectivity index (χ0) is 21.8. The number of hydrogen-bond acceptors (Lipinski definition) is 5. The molecule has 0 unspecified atom stereocenters. The zero-order valence-corrected chi connectivity index (χ0v) is 17.8. The summed E-state index contributed by atoms with van der Waals surface area (Å²) in [6.45, 7) is 2.54. The third-order valence-corrected chi connectivity index (χ3v) is 5.20. The Labute approximate surface area is 180 Å². The minimum atomic E-state index is -0.140. The van der Waals surface area contributed by atoms with Crippen molar-refractivity contribution >= 4 is 16.8 Å². The van der Waals surface area contributed by atoms with Crippen LogP contribution < -0.4 is 14.8 Å². The van der Waals surface area contributed by atoms with Gasteiger partial charge >= 0.3 is 0 Å². The topological polar surface area (TPSA) is 73.6 Å². The van der Waals surface area contributed by atoms with E-state index in [1.807, 2.05) is 55.5 Å². The summed E-state index contributed by atoms with van der Waals surface area (Å²) in [5, 5.41) is 7.91. The van der Waals surface area contributed by atoms with Crippen molar-refractivity contribution in [3.05, 3.63) is 77.4 Å². The third kappa shape index (κ3) is 4.38. The number of carbonyl (C=O) groups excluding carboxylic acids is 1. The molecule has 0 atom stereocenters. The molecule has 1 heterocycles. The highest BCUT2D eigenvalue weighted by molar-refractivity contribution is 6.01. The maximum atomic E-state index is 12.7. The molecule has 1 amide bonds. The van der Waals surface area contributed by atoms with Crippen molar-refractivity contribution in [2.45, 2.75) is 13.3 Å². The van der Waals surface area contributed by atoms with Gasteiger partial charge in [-0.15, -0.1) is 0 Å². The van der Waals surface area contributed by atoms with Crippen LogP contribution in [0.1, 0.15) is 21.5 Å². The fraction of sp³-hybridized carbons (Fsp3) is 0.200. The van der Waals surface area contributed by atoms with Crippen molar-refractivity contribution in [3.8, 4) is 22.8 Å². The molecule has 6 nitrogen and oxygen atoms in total. The highest BCUT2D eigenvalue weighted by Crippen LogP contribution is 2.30. The van der Waals surface area contributed by atoms with E-state index in [0.717, 1.165) is 22.0 Å². The smallest absolute Gasteiger partial charge is 0.251 e. The molecule has 0 aliphatic heterocycles. The maximum Gasteiger partial charge on any atom is 0.251 e. The van der Waals surface area contributed by atoms with E-state index in [1.165, 1.54) is 5.56 Å². The van der Waals surface area contributed by atoms with Gasteiger partial charge in [0.15, 0.2) is 17.3 Å². The van der Waals surface area contributed by atoms with Crippen molar-refractivity contribution in [1.82, 2.24) is 10.5 Å². The van der Waals surface area contributed by atoms with Crippen LogP contribution in [-0.2, 0) is 6.42 Å². The number of nitrogens with one attached hydrogen (secondary N) is 1. The Morgan fingerprint density at radius 2 is 1.74 bits per heavy atom. The molecule has 4 aromatic rings. The summed E-state index contributed by atoms with van der Waals surface area (Å²) in [5.74, 6) is 1.88. The van der Waals surface area contributed by atoms with E-state index in [4.69, 9.17) is 14.0 Å². The molecule has 0 aliphatic carbocycles. The molecule has 1 aromatic heterocycles. The number of amides is 1. The van der Waals surface area contributed by atoms with Gasteiger partial charge in [-0.05, 0) is 49.2 Å². The lowest BCUT2D eigenvalue weighted by Crippen LogP contribution is -2.25. The first kappa shape index (κ1) is 20.5. The number of benzene rings is 3. The van der Waals surface area contributed by atoms with Gasteiger partial charge in [-0.25, -0.2) is 0 Å². The molecule has 158 valence electrons. The highest BCUT2D eigenvalue weighted by atomic mass is 16.5. The van der Waals surface area contributed by atoms with Gasteiger partial charge in [-0.1, -0.05) is 41.1 Å². The Bertz CT molecular complexity index is 1210. The third-order valence-electron chi connectivity index (χ3n) is 5.20. The second-order valence-corrected chi connectivity index (χ2v) is 7.30. The first-order valence-corrected chi connectivity index (χ1v) is 10.0. The summed E-state index contributed by atoms with van der Waals surface area (Å²) in [6, 6.07) is 19.2. The van der Waals surface area contributed by atoms with Crippen LogP contribution in [0.25, 0.3) is 22.2 Å². The second-order valence-electron chi connectivity index (χ2n) is 7.30. The van der Waals surface area contributed by atoms with E-state index in [9.17, 15) is 4.79 Å². The number of ether oxygens (including phenoxy) is 2. The molecular weight excluding hydrogens is 392 g/mol. The standard InChI is InChI=1S/C25H24N2O4/c1-16-4-7-18(8-5-16)24-20-15-19(9-10-21(20)27-31-24)25(28)26-13-12-17-6-11-22(29-2)23(14-17)30-3/h4-11,14-15H,12-13H2,1-3H3,(H,26,28). The summed E-state index contributed by atoms with van der Waals surface area (Å²) in [5.41, 5.74) is 4.43. The van der Waals surface area contributed by atoms with Gasteiger partial charge in [0.2, 0.25) is 0 Å². The van der Waals surface area contributed by atoms with E-state index in [1.54, 1.807) is 26.4 Å². The number of hydrogen-bond donors (Lipinski definition) is 1. The highest BCUT2D eigenvalue weighted by Gasteiger charge is 2.14. The number of rotatable bonds is 7. The number of aryl methyl sites for hydroxylation is 1. The van der Waals surface area contributed by atoms with Crippen LogP contribution in [0.5, 0.6) is 11.5 Å². The van der Waals surface area contributed by atoms with Crippen LogP contribution in [0.4, 0.5) is 0 Å². The van der Waals surface area contributed by atoms with E-state index in [-0.39, 0.29) is 5.91 Å². The molecule has 31 heavy (non-hydrogen) atoms. The van der Waals surface area contributed by atoms with Crippen LogP contribution in [0.15, 0.2) is 65.2 Å². The van der Waals surface area contributed by atoms with Crippen molar-refractivity contribution in [1.29, 1.82) is 0 Å². The fourth-order valence-electron chi connectivity index (χ4n) is 3.45. The Hall–Kier alpha value is -3.80. The zero-order valence-electron chi connectivity index (χ0n) is 17.8. The molecule has 0 saturated carbocycles. The predicted octanol–water partition coefficient (Wildman–Crippen LogP) is 4.79.